The van der Waals surface area contributed by atoms with Crippen molar-refractivity contribution in [1.29, 1.82) is 0 Å². The molecule has 1 saturated carbocycles. The highest BCUT2D eigenvalue weighted by Crippen LogP contribution is 2.73. The predicted octanol–water partition coefficient (Wildman–Crippen LogP) is 1.30. The Morgan fingerprint density at radius 3 is 2.81 bits per heavy atom. The van der Waals surface area contributed by atoms with Gasteiger partial charge in [-0.15, -0.1) is 0 Å². The second kappa shape index (κ2) is 4.93. The Kier molecular flexibility index (Phi) is 3.14. The highest BCUT2D eigenvalue weighted by molar-refractivity contribution is 5.84. The first kappa shape index (κ1) is 17.2. The van der Waals surface area contributed by atoms with Crippen molar-refractivity contribution < 1.29 is 24.6 Å². The Morgan fingerprint density at radius 1 is 1.41 bits per heavy atom. The Bertz CT molecular complexity index is 885. The maximum absolute atomic E-state index is 13.0. The summed E-state index contributed by atoms with van der Waals surface area (Å²) in [6, 6.07) is 7.83. The van der Waals surface area contributed by atoms with Crippen molar-refractivity contribution in [2.45, 2.75) is 36.9 Å². The molecule has 4 heterocycles. The van der Waals surface area contributed by atoms with E-state index in [1.54, 1.807) is 0 Å². The molecule has 5 aliphatic rings. The van der Waals surface area contributed by atoms with Crippen LogP contribution < -0.4 is 5.32 Å². The predicted molar refractivity (Wildman–Crippen MR) is 100 cm³/mol. The number of hydrogen-bond acceptors (Lipinski definition) is 4. The second-order valence-corrected chi connectivity index (χ2v) is 8.97. The average molecular weight is 371 g/mol. The Hall–Kier alpha value is -1.89. The highest BCUT2D eigenvalue weighted by Gasteiger charge is 2.87. The first-order valence-corrected chi connectivity index (χ1v) is 9.74. The molecule has 1 aliphatic carbocycles. The number of rotatable bonds is 2. The van der Waals surface area contributed by atoms with E-state index in [0.717, 1.165) is 23.4 Å². The molecule has 144 valence electrons. The van der Waals surface area contributed by atoms with Crippen LogP contribution in [0.4, 0.5) is 5.69 Å². The molecule has 4 N–H and O–H groups in total. The number of hydrogen-bond donors (Lipinski definition) is 4. The van der Waals surface area contributed by atoms with Crippen LogP contribution in [0.15, 0.2) is 35.9 Å². The van der Waals surface area contributed by atoms with Gasteiger partial charge in [0.2, 0.25) is 5.66 Å². The fourth-order valence-electron chi connectivity index (χ4n) is 7.54. The van der Waals surface area contributed by atoms with E-state index in [2.05, 4.69) is 12.4 Å². The first-order chi connectivity index (χ1) is 12.8. The van der Waals surface area contributed by atoms with Crippen LogP contribution >= 0.6 is 0 Å². The van der Waals surface area contributed by atoms with Crippen LogP contribution in [0.3, 0.4) is 0 Å². The molecule has 4 fully saturated rings. The number of carboxylic acid groups (broad SMARTS) is 1. The van der Waals surface area contributed by atoms with Gasteiger partial charge in [-0.25, -0.2) is 0 Å². The number of carboxylic acids is 1. The summed E-state index contributed by atoms with van der Waals surface area (Å²) in [6.45, 7) is 2.96. The summed E-state index contributed by atoms with van der Waals surface area (Å²) in [5.41, 5.74) is -0.204. The van der Waals surface area contributed by atoms with Gasteiger partial charge in [-0.3, -0.25) is 9.28 Å². The summed E-state index contributed by atoms with van der Waals surface area (Å²) >= 11 is 0. The number of nitrogens with zero attached hydrogens (tertiary/aromatic N) is 1. The molecule has 0 unspecified atom stereocenters. The van der Waals surface area contributed by atoms with Gasteiger partial charge < -0.3 is 20.6 Å². The third kappa shape index (κ3) is 1.45. The molecule has 0 radical (unpaired) electrons. The Morgan fingerprint density at radius 2 is 2.15 bits per heavy atom. The van der Waals surface area contributed by atoms with Gasteiger partial charge in [0.15, 0.2) is 0 Å². The van der Waals surface area contributed by atoms with Gasteiger partial charge in [-0.2, -0.15) is 0 Å². The molecular weight excluding hydrogens is 344 g/mol. The van der Waals surface area contributed by atoms with Crippen LogP contribution in [0.5, 0.6) is 0 Å². The van der Waals surface area contributed by atoms with Gasteiger partial charge in [0, 0.05) is 18.0 Å². The van der Waals surface area contributed by atoms with E-state index in [-0.39, 0.29) is 5.92 Å². The molecular formula is C21H27N2O4+. The fraction of sp³-hybridized carbons (Fsp3) is 0.571. The molecule has 6 atom stereocenters. The summed E-state index contributed by atoms with van der Waals surface area (Å²) < 4.78 is 0.550. The maximum atomic E-state index is 13.0. The minimum atomic E-state index is -1.36. The maximum Gasteiger partial charge on any atom is 0.313 e. The standard InChI is InChI=1S/C21H26N2O4/c1-3-13-11-23(2)9-8-20-14-6-4-5-7-16(14)22-21(20,23)17(25)10-15(13)19(20,12-24)18(26)27/h3-7,15,17,22,24-25H,8-12H2,1-2H3/p+1/b13-3-/t15-,17+,19+,20+,21+,23+/m1/s1. The third-order valence-electron chi connectivity index (χ3n) is 8.47. The number of benzene rings is 1. The van der Waals surface area contributed by atoms with Crippen molar-refractivity contribution in [3.8, 4) is 0 Å². The zero-order valence-electron chi connectivity index (χ0n) is 15.8. The average Bonchev–Trinajstić information content (AvgIpc) is 3.06. The summed E-state index contributed by atoms with van der Waals surface area (Å²) in [7, 11) is 2.13. The van der Waals surface area contributed by atoms with Crippen LogP contribution in [0.25, 0.3) is 0 Å². The SMILES string of the molecule is C/C=C1/C[N@+]2(C)CC[C@@]34c5ccccc5N[C@]32[C@@H](O)C[C@H]1[C@@]4(CO)C(=O)O. The van der Waals surface area contributed by atoms with E-state index in [4.69, 9.17) is 0 Å². The van der Waals surface area contributed by atoms with Crippen LogP contribution in [0.1, 0.15) is 25.3 Å². The van der Waals surface area contributed by atoms with Gasteiger partial charge in [-0.1, -0.05) is 24.3 Å². The summed E-state index contributed by atoms with van der Waals surface area (Å²) in [5.74, 6) is -1.35. The van der Waals surface area contributed by atoms with Crippen molar-refractivity contribution >= 4 is 11.7 Å². The minimum absolute atomic E-state index is 0.350. The van der Waals surface area contributed by atoms with Crippen molar-refractivity contribution in [2.75, 3.05) is 32.1 Å². The number of nitrogens with one attached hydrogen (secondary N) is 1. The van der Waals surface area contributed by atoms with E-state index in [0.29, 0.717) is 23.9 Å². The molecule has 1 aromatic carbocycles. The fourth-order valence-corrected chi connectivity index (χ4v) is 7.54. The number of likely N-dealkylation sites (N-methyl/N-ethyl adjacent to an activating group) is 1. The lowest BCUT2D eigenvalue weighted by Gasteiger charge is -2.58. The van der Waals surface area contributed by atoms with Gasteiger partial charge in [0.05, 0.1) is 25.6 Å². The number of aliphatic hydroxyl groups is 2. The van der Waals surface area contributed by atoms with E-state index in [1.807, 2.05) is 37.3 Å². The largest absolute Gasteiger partial charge is 0.481 e. The smallest absolute Gasteiger partial charge is 0.313 e. The second-order valence-electron chi connectivity index (χ2n) is 8.97. The highest BCUT2D eigenvalue weighted by atomic mass is 16.4. The van der Waals surface area contributed by atoms with E-state index in [9.17, 15) is 20.1 Å². The molecule has 6 nitrogen and oxygen atoms in total. The number of aliphatic hydroxyl groups excluding tert-OH is 2. The molecule has 0 aromatic heterocycles. The summed E-state index contributed by atoms with van der Waals surface area (Å²) in [5, 5.41) is 36.4. The summed E-state index contributed by atoms with van der Waals surface area (Å²) in [6.07, 6.45) is 2.29. The number of anilines is 1. The molecule has 1 aromatic rings. The van der Waals surface area contributed by atoms with Gasteiger partial charge in [-0.05, 0) is 30.5 Å². The Balaban J connectivity index is 1.97. The van der Waals surface area contributed by atoms with Crippen LogP contribution in [-0.4, -0.2) is 64.3 Å². The zero-order valence-corrected chi connectivity index (χ0v) is 15.8. The lowest BCUT2D eigenvalue weighted by Crippen LogP contribution is -2.78. The molecule has 6 heteroatoms. The monoisotopic (exact) mass is 371 g/mol. The van der Waals surface area contributed by atoms with Crippen molar-refractivity contribution in [3.05, 3.63) is 41.5 Å². The molecule has 1 spiro atoms. The number of aliphatic carboxylic acids is 1. The Labute approximate surface area is 158 Å². The van der Waals surface area contributed by atoms with Crippen LogP contribution in [-0.2, 0) is 10.2 Å². The molecule has 6 rings (SSSR count). The first-order valence-electron chi connectivity index (χ1n) is 9.74. The topological polar surface area (TPSA) is 89.8 Å². The van der Waals surface area contributed by atoms with E-state index in [1.165, 1.54) is 0 Å². The van der Waals surface area contributed by atoms with Gasteiger partial charge in [0.1, 0.15) is 18.1 Å². The number of para-hydroxylation sites is 1. The minimum Gasteiger partial charge on any atom is -0.481 e. The van der Waals surface area contributed by atoms with Crippen molar-refractivity contribution in [3.63, 3.8) is 0 Å². The number of allylic oxidation sites excluding steroid dienone is 1. The van der Waals surface area contributed by atoms with Gasteiger partial charge in [0.25, 0.3) is 0 Å². The molecule has 27 heavy (non-hydrogen) atoms. The number of quaternary nitrogens is 1. The van der Waals surface area contributed by atoms with Gasteiger partial charge >= 0.3 is 5.97 Å². The third-order valence-corrected chi connectivity index (χ3v) is 8.47. The van der Waals surface area contributed by atoms with Crippen molar-refractivity contribution in [2.24, 2.45) is 11.3 Å². The van der Waals surface area contributed by atoms with E-state index < -0.39 is 35.2 Å². The lowest BCUT2D eigenvalue weighted by atomic mass is 9.45. The molecule has 4 aliphatic heterocycles. The quantitative estimate of drug-likeness (QED) is 0.465. The zero-order chi connectivity index (χ0) is 19.2. The summed E-state index contributed by atoms with van der Waals surface area (Å²) in [4.78, 5) is 13.0. The molecule has 0 amide bonds. The normalized spacial score (nSPS) is 48.1. The molecule has 4 bridgehead atoms. The van der Waals surface area contributed by atoms with Crippen LogP contribution in [0, 0.1) is 11.3 Å². The lowest BCUT2D eigenvalue weighted by molar-refractivity contribution is -0.944. The molecule has 3 saturated heterocycles. The number of fused-ring (bicyclic) bond motifs is 3. The van der Waals surface area contributed by atoms with Crippen molar-refractivity contribution in [1.82, 2.24) is 0 Å². The number of carbonyl (C=O) groups is 1. The van der Waals surface area contributed by atoms with E-state index >= 15 is 0 Å². The van der Waals surface area contributed by atoms with Crippen LogP contribution in [0.2, 0.25) is 0 Å².